The van der Waals surface area contributed by atoms with Crippen molar-refractivity contribution in [3.8, 4) is 0 Å². The molecule has 0 aliphatic heterocycles. The van der Waals surface area contributed by atoms with Gasteiger partial charge in [0.2, 0.25) is 5.91 Å². The Kier molecular flexibility index (Phi) is 13.1. The minimum atomic E-state index is 0.123. The molecule has 0 fully saturated rings. The molecule has 0 bridgehead atoms. The number of hydrogen-bond donors (Lipinski definition) is 2. The second-order valence-corrected chi connectivity index (χ2v) is 6.10. The molecule has 0 saturated heterocycles. The Morgan fingerprint density at radius 2 is 1.83 bits per heavy atom. The van der Waals surface area contributed by atoms with Crippen molar-refractivity contribution in [1.29, 1.82) is 0 Å². The fourth-order valence-electron chi connectivity index (χ4n) is 1.61. The van der Waals surface area contributed by atoms with Gasteiger partial charge in [0.05, 0.1) is 6.54 Å². The van der Waals surface area contributed by atoms with Gasteiger partial charge in [-0.3, -0.25) is 4.79 Å². The largest absolute Gasteiger partial charge is 0.355 e. The molecular weight excluding hydrogens is 244 g/mol. The van der Waals surface area contributed by atoms with E-state index < -0.39 is 0 Å². The Bertz CT molecular complexity index is 198. The fourth-order valence-corrected chi connectivity index (χ4v) is 2.11. The van der Waals surface area contributed by atoms with E-state index >= 15 is 0 Å². The van der Waals surface area contributed by atoms with Crippen LogP contribution in [-0.4, -0.2) is 37.6 Å². The van der Waals surface area contributed by atoms with Gasteiger partial charge in [-0.25, -0.2) is 0 Å². The summed E-state index contributed by atoms with van der Waals surface area (Å²) in [6.45, 7) is 6.55. The first-order valence-corrected chi connectivity index (χ1v) is 8.52. The van der Waals surface area contributed by atoms with Gasteiger partial charge in [-0.15, -0.1) is 0 Å². The van der Waals surface area contributed by atoms with Gasteiger partial charge in [0.25, 0.3) is 0 Å². The monoisotopic (exact) mass is 274 g/mol. The Hall–Kier alpha value is -0.220. The van der Waals surface area contributed by atoms with Gasteiger partial charge in [0.15, 0.2) is 0 Å². The molecule has 0 saturated carbocycles. The number of amides is 1. The van der Waals surface area contributed by atoms with Crippen molar-refractivity contribution < 1.29 is 4.79 Å². The molecule has 0 spiro atoms. The molecule has 0 radical (unpaired) electrons. The van der Waals surface area contributed by atoms with Crippen LogP contribution in [0.1, 0.15) is 46.0 Å². The highest BCUT2D eigenvalue weighted by Gasteiger charge is 2.00. The zero-order chi connectivity index (χ0) is 13.6. The molecule has 0 aliphatic rings. The molecule has 0 aliphatic carbocycles. The standard InChI is InChI=1S/C14H30N2OS/c1-13(2)8-10-16-14(17)12-15-9-6-4-5-7-11-18-3/h13,15H,4-12H2,1-3H3,(H,16,17). The van der Waals surface area contributed by atoms with E-state index in [4.69, 9.17) is 0 Å². The molecular formula is C14H30N2OS. The average Bonchev–Trinajstić information content (AvgIpc) is 2.32. The number of hydrogen-bond acceptors (Lipinski definition) is 3. The molecule has 0 aromatic carbocycles. The lowest BCUT2D eigenvalue weighted by Gasteiger charge is -2.08. The predicted molar refractivity (Wildman–Crippen MR) is 82.2 cm³/mol. The zero-order valence-electron chi connectivity index (χ0n) is 12.3. The molecule has 0 heterocycles. The van der Waals surface area contributed by atoms with Crippen molar-refractivity contribution in [2.75, 3.05) is 31.6 Å². The molecule has 1 amide bonds. The summed E-state index contributed by atoms with van der Waals surface area (Å²) in [4.78, 5) is 11.4. The van der Waals surface area contributed by atoms with Crippen LogP contribution in [0.4, 0.5) is 0 Å². The van der Waals surface area contributed by atoms with E-state index in [9.17, 15) is 4.79 Å². The molecule has 108 valence electrons. The van der Waals surface area contributed by atoms with Crippen LogP contribution < -0.4 is 10.6 Å². The molecule has 0 atom stereocenters. The summed E-state index contributed by atoms with van der Waals surface area (Å²) in [7, 11) is 0. The zero-order valence-corrected chi connectivity index (χ0v) is 13.1. The fraction of sp³-hybridized carbons (Fsp3) is 0.929. The van der Waals surface area contributed by atoms with Gasteiger partial charge < -0.3 is 10.6 Å². The van der Waals surface area contributed by atoms with Gasteiger partial charge in [0, 0.05) is 6.54 Å². The molecule has 3 nitrogen and oxygen atoms in total. The third-order valence-corrected chi connectivity index (χ3v) is 3.48. The van der Waals surface area contributed by atoms with E-state index in [2.05, 4.69) is 30.7 Å². The van der Waals surface area contributed by atoms with Gasteiger partial charge >= 0.3 is 0 Å². The van der Waals surface area contributed by atoms with Crippen LogP contribution in [0, 0.1) is 5.92 Å². The van der Waals surface area contributed by atoms with Crippen LogP contribution in [-0.2, 0) is 4.79 Å². The maximum atomic E-state index is 11.4. The lowest BCUT2D eigenvalue weighted by molar-refractivity contribution is -0.120. The summed E-state index contributed by atoms with van der Waals surface area (Å²) in [5.41, 5.74) is 0. The second kappa shape index (κ2) is 13.2. The van der Waals surface area contributed by atoms with E-state index in [0.717, 1.165) is 19.5 Å². The number of rotatable bonds is 12. The van der Waals surface area contributed by atoms with E-state index in [1.807, 2.05) is 11.8 Å². The van der Waals surface area contributed by atoms with Crippen LogP contribution >= 0.6 is 11.8 Å². The highest BCUT2D eigenvalue weighted by molar-refractivity contribution is 7.98. The molecule has 18 heavy (non-hydrogen) atoms. The maximum Gasteiger partial charge on any atom is 0.233 e. The van der Waals surface area contributed by atoms with E-state index in [1.165, 1.54) is 31.4 Å². The summed E-state index contributed by atoms with van der Waals surface area (Å²) in [5, 5.41) is 6.13. The normalized spacial score (nSPS) is 10.9. The smallest absolute Gasteiger partial charge is 0.233 e. The second-order valence-electron chi connectivity index (χ2n) is 5.12. The van der Waals surface area contributed by atoms with Crippen LogP contribution in [0.3, 0.4) is 0 Å². The molecule has 4 heteroatoms. The van der Waals surface area contributed by atoms with Gasteiger partial charge in [-0.05, 0) is 43.7 Å². The highest BCUT2D eigenvalue weighted by Crippen LogP contribution is 2.03. The van der Waals surface area contributed by atoms with E-state index in [-0.39, 0.29) is 5.91 Å². The van der Waals surface area contributed by atoms with Crippen molar-refractivity contribution >= 4 is 17.7 Å². The van der Waals surface area contributed by atoms with Crippen molar-refractivity contribution in [2.24, 2.45) is 5.92 Å². The number of thioether (sulfide) groups is 1. The van der Waals surface area contributed by atoms with Gasteiger partial charge in [-0.2, -0.15) is 11.8 Å². The Morgan fingerprint density at radius 1 is 1.11 bits per heavy atom. The van der Waals surface area contributed by atoms with Crippen LogP contribution in [0.2, 0.25) is 0 Å². The Morgan fingerprint density at radius 3 is 2.50 bits per heavy atom. The topological polar surface area (TPSA) is 41.1 Å². The van der Waals surface area contributed by atoms with Crippen molar-refractivity contribution in [1.82, 2.24) is 10.6 Å². The third-order valence-electron chi connectivity index (χ3n) is 2.78. The number of unbranched alkanes of at least 4 members (excludes halogenated alkanes) is 3. The number of carbonyl (C=O) groups excluding carboxylic acids is 1. The molecule has 0 aromatic heterocycles. The lowest BCUT2D eigenvalue weighted by atomic mass is 10.1. The SMILES string of the molecule is CSCCCCCCNCC(=O)NCCC(C)C. The van der Waals surface area contributed by atoms with Crippen LogP contribution in [0.15, 0.2) is 0 Å². The predicted octanol–water partition coefficient (Wildman–Crippen LogP) is 2.66. The summed E-state index contributed by atoms with van der Waals surface area (Å²) >= 11 is 1.91. The summed E-state index contributed by atoms with van der Waals surface area (Å²) < 4.78 is 0. The minimum Gasteiger partial charge on any atom is -0.355 e. The summed E-state index contributed by atoms with van der Waals surface area (Å²) in [6.07, 6.45) is 8.27. The minimum absolute atomic E-state index is 0.123. The number of nitrogens with one attached hydrogen (secondary N) is 2. The Balaban J connectivity index is 3.15. The average molecular weight is 274 g/mol. The van der Waals surface area contributed by atoms with Crippen molar-refractivity contribution in [3.63, 3.8) is 0 Å². The first-order chi connectivity index (χ1) is 8.66. The first kappa shape index (κ1) is 17.8. The first-order valence-electron chi connectivity index (χ1n) is 7.13. The van der Waals surface area contributed by atoms with Gasteiger partial charge in [-0.1, -0.05) is 26.7 Å². The summed E-state index contributed by atoms with van der Waals surface area (Å²) in [6, 6.07) is 0. The van der Waals surface area contributed by atoms with Crippen molar-refractivity contribution in [2.45, 2.75) is 46.0 Å². The van der Waals surface area contributed by atoms with E-state index in [1.54, 1.807) is 0 Å². The lowest BCUT2D eigenvalue weighted by Crippen LogP contribution is -2.35. The van der Waals surface area contributed by atoms with Gasteiger partial charge in [0.1, 0.15) is 0 Å². The molecule has 0 rings (SSSR count). The third kappa shape index (κ3) is 13.8. The van der Waals surface area contributed by atoms with Crippen LogP contribution in [0.5, 0.6) is 0 Å². The maximum absolute atomic E-state index is 11.4. The summed E-state index contributed by atoms with van der Waals surface area (Å²) in [5.74, 6) is 2.05. The quantitative estimate of drug-likeness (QED) is 0.538. The van der Waals surface area contributed by atoms with Crippen molar-refractivity contribution in [3.05, 3.63) is 0 Å². The molecule has 0 aromatic rings. The number of carbonyl (C=O) groups is 1. The highest BCUT2D eigenvalue weighted by atomic mass is 32.2. The van der Waals surface area contributed by atoms with E-state index in [0.29, 0.717) is 12.5 Å². The Labute approximate surface area is 117 Å². The molecule has 2 N–H and O–H groups in total. The van der Waals surface area contributed by atoms with Crippen LogP contribution in [0.25, 0.3) is 0 Å². The molecule has 0 unspecified atom stereocenters.